The van der Waals surface area contributed by atoms with Gasteiger partial charge in [-0.25, -0.2) is 12.8 Å². The maximum atomic E-state index is 13.3. The van der Waals surface area contributed by atoms with Gasteiger partial charge >= 0.3 is 0 Å². The third-order valence-corrected chi connectivity index (χ3v) is 5.88. The Morgan fingerprint density at radius 3 is 2.59 bits per heavy atom. The normalized spacial score (nSPS) is 13.0. The Labute approximate surface area is 160 Å². The summed E-state index contributed by atoms with van der Waals surface area (Å²) >= 11 is 0.911. The van der Waals surface area contributed by atoms with Gasteiger partial charge < -0.3 is 5.32 Å². The number of anilines is 1. The molecule has 0 saturated heterocycles. The van der Waals surface area contributed by atoms with E-state index in [1.165, 1.54) is 24.3 Å². The van der Waals surface area contributed by atoms with Crippen LogP contribution in [0.2, 0.25) is 0 Å². The van der Waals surface area contributed by atoms with Crippen LogP contribution in [0.4, 0.5) is 10.1 Å². The lowest BCUT2D eigenvalue weighted by Gasteiger charge is -2.21. The number of benzene rings is 2. The van der Waals surface area contributed by atoms with Crippen molar-refractivity contribution < 1.29 is 17.6 Å². The number of amides is 1. The van der Waals surface area contributed by atoms with E-state index in [2.05, 4.69) is 18.8 Å². The second kappa shape index (κ2) is 7.67. The van der Waals surface area contributed by atoms with Gasteiger partial charge in [-0.2, -0.15) is 13.5 Å². The summed E-state index contributed by atoms with van der Waals surface area (Å²) in [6, 6.07) is 8.97. The highest BCUT2D eigenvalue weighted by Gasteiger charge is 2.30. The number of rotatable bonds is 6. The van der Waals surface area contributed by atoms with Gasteiger partial charge in [0.15, 0.2) is 0 Å². The predicted octanol–water partition coefficient (Wildman–Crippen LogP) is 2.77. The minimum atomic E-state index is -4.03. The highest BCUT2D eigenvalue weighted by Crippen LogP contribution is 2.22. The van der Waals surface area contributed by atoms with Crippen molar-refractivity contribution >= 4 is 44.4 Å². The zero-order chi connectivity index (χ0) is 19.6. The number of halogens is 1. The summed E-state index contributed by atoms with van der Waals surface area (Å²) in [5.41, 5.74) is 0.965. The first-order valence-electron chi connectivity index (χ1n) is 8.08. The fourth-order valence-corrected chi connectivity index (χ4v) is 4.62. The molecule has 1 amide bonds. The van der Waals surface area contributed by atoms with Crippen molar-refractivity contribution in [2.24, 2.45) is 5.92 Å². The summed E-state index contributed by atoms with van der Waals surface area (Å²) in [5, 5.41) is 2.54. The van der Waals surface area contributed by atoms with E-state index in [0.717, 1.165) is 17.8 Å². The Balaban J connectivity index is 1.87. The molecule has 2 N–H and O–H groups in total. The smallest absolute Gasteiger partial charge is 0.243 e. The number of fused-ring (bicyclic) bond motifs is 1. The van der Waals surface area contributed by atoms with E-state index in [9.17, 15) is 17.6 Å². The molecule has 0 unspecified atom stereocenters. The fourth-order valence-electron chi connectivity index (χ4n) is 2.51. The zero-order valence-corrected chi connectivity index (χ0v) is 16.1. The largest absolute Gasteiger partial charge is 0.325 e. The highest BCUT2D eigenvalue weighted by atomic mass is 32.2. The summed E-state index contributed by atoms with van der Waals surface area (Å²) < 4.78 is 49.5. The van der Waals surface area contributed by atoms with Crippen LogP contribution in [-0.2, 0) is 14.8 Å². The molecule has 142 valence electrons. The van der Waals surface area contributed by atoms with Gasteiger partial charge in [0, 0.05) is 5.69 Å². The molecule has 1 heterocycles. The van der Waals surface area contributed by atoms with E-state index in [1.807, 2.05) is 0 Å². The number of carbonyl (C=O) groups excluding carboxylic acids is 1. The van der Waals surface area contributed by atoms with Crippen LogP contribution in [0.5, 0.6) is 0 Å². The molecular formula is C17H17FN4O3S2. The molecule has 1 atom stereocenters. The molecule has 0 saturated carbocycles. The maximum Gasteiger partial charge on any atom is 0.243 e. The van der Waals surface area contributed by atoms with Crippen LogP contribution < -0.4 is 10.0 Å². The van der Waals surface area contributed by atoms with Crippen molar-refractivity contribution in [1.82, 2.24) is 13.5 Å². The SMILES string of the molecule is CC(C)[C@@H](NS(=O)(=O)c1cccc2nsnc12)C(=O)Nc1cccc(F)c1. The fraction of sp³-hybridized carbons (Fsp3) is 0.235. The molecular weight excluding hydrogens is 391 g/mol. The van der Waals surface area contributed by atoms with E-state index < -0.39 is 27.8 Å². The first kappa shape index (κ1) is 19.3. The summed E-state index contributed by atoms with van der Waals surface area (Å²) in [4.78, 5) is 12.6. The lowest BCUT2D eigenvalue weighted by atomic mass is 10.0. The predicted molar refractivity (Wildman–Crippen MR) is 101 cm³/mol. The molecule has 2 aromatic carbocycles. The van der Waals surface area contributed by atoms with E-state index >= 15 is 0 Å². The maximum absolute atomic E-state index is 13.3. The van der Waals surface area contributed by atoms with E-state index in [1.54, 1.807) is 26.0 Å². The lowest BCUT2D eigenvalue weighted by molar-refractivity contribution is -0.118. The first-order valence-corrected chi connectivity index (χ1v) is 10.3. The standard InChI is InChI=1S/C17H17FN4O3S2/c1-10(2)15(17(23)19-12-6-3-5-11(18)9-12)22-27(24,25)14-8-4-7-13-16(14)21-26-20-13/h3-10,15,22H,1-2H3,(H,19,23)/t15-/m1/s1. The minimum Gasteiger partial charge on any atom is -0.325 e. The minimum absolute atomic E-state index is 0.0436. The molecule has 0 spiro atoms. The number of aromatic nitrogens is 2. The van der Waals surface area contributed by atoms with Gasteiger partial charge in [-0.3, -0.25) is 4.79 Å². The summed E-state index contributed by atoms with van der Waals surface area (Å²) in [7, 11) is -4.03. The number of hydrogen-bond donors (Lipinski definition) is 2. The molecule has 0 radical (unpaired) electrons. The molecule has 0 aliphatic rings. The molecule has 1 aromatic heterocycles. The van der Waals surface area contributed by atoms with Crippen LogP contribution in [0.25, 0.3) is 11.0 Å². The Morgan fingerprint density at radius 2 is 1.89 bits per heavy atom. The van der Waals surface area contributed by atoms with Gasteiger partial charge in [-0.15, -0.1) is 0 Å². The summed E-state index contributed by atoms with van der Waals surface area (Å²) in [6.45, 7) is 3.42. The van der Waals surface area contributed by atoms with Crippen molar-refractivity contribution in [3.8, 4) is 0 Å². The van der Waals surface area contributed by atoms with Gasteiger partial charge in [0.25, 0.3) is 0 Å². The lowest BCUT2D eigenvalue weighted by Crippen LogP contribution is -2.47. The van der Waals surface area contributed by atoms with Gasteiger partial charge in [0.05, 0.1) is 11.7 Å². The van der Waals surface area contributed by atoms with Crippen molar-refractivity contribution in [2.45, 2.75) is 24.8 Å². The monoisotopic (exact) mass is 408 g/mol. The molecule has 10 heteroatoms. The van der Waals surface area contributed by atoms with E-state index in [0.29, 0.717) is 5.52 Å². The molecule has 0 bridgehead atoms. The quantitative estimate of drug-likeness (QED) is 0.653. The number of sulfonamides is 1. The van der Waals surface area contributed by atoms with Gasteiger partial charge in [0.1, 0.15) is 27.8 Å². The molecule has 0 fully saturated rings. The Morgan fingerprint density at radius 1 is 1.15 bits per heavy atom. The van der Waals surface area contributed by atoms with Gasteiger partial charge in [0.2, 0.25) is 15.9 Å². The van der Waals surface area contributed by atoms with Crippen LogP contribution >= 0.6 is 11.7 Å². The third-order valence-electron chi connectivity index (χ3n) is 3.86. The van der Waals surface area contributed by atoms with Crippen LogP contribution in [-0.4, -0.2) is 29.1 Å². The topological polar surface area (TPSA) is 101 Å². The molecule has 7 nitrogen and oxygen atoms in total. The average molecular weight is 408 g/mol. The van der Waals surface area contributed by atoms with E-state index in [-0.39, 0.29) is 22.0 Å². The van der Waals surface area contributed by atoms with E-state index in [4.69, 9.17) is 0 Å². The van der Waals surface area contributed by atoms with Crippen LogP contribution in [0.3, 0.4) is 0 Å². The first-order chi connectivity index (χ1) is 12.8. The second-order valence-corrected chi connectivity index (χ2v) is 8.44. The van der Waals surface area contributed by atoms with Crippen molar-refractivity contribution in [3.05, 3.63) is 48.3 Å². The van der Waals surface area contributed by atoms with Gasteiger partial charge in [-0.05, 0) is 36.2 Å². The highest BCUT2D eigenvalue weighted by molar-refractivity contribution is 7.89. The molecule has 3 aromatic rings. The van der Waals surface area contributed by atoms with Crippen LogP contribution in [0, 0.1) is 11.7 Å². The van der Waals surface area contributed by atoms with Crippen molar-refractivity contribution in [1.29, 1.82) is 0 Å². The summed E-state index contributed by atoms with van der Waals surface area (Å²) in [6.07, 6.45) is 0. The van der Waals surface area contributed by atoms with Crippen molar-refractivity contribution in [3.63, 3.8) is 0 Å². The number of nitrogens with one attached hydrogen (secondary N) is 2. The number of carbonyl (C=O) groups is 1. The second-order valence-electron chi connectivity index (χ2n) is 6.23. The number of nitrogens with zero attached hydrogens (tertiary/aromatic N) is 2. The molecule has 0 aliphatic heterocycles. The Hall–Kier alpha value is -2.43. The molecule has 3 rings (SSSR count). The Kier molecular flexibility index (Phi) is 5.49. The number of hydrogen-bond acceptors (Lipinski definition) is 6. The van der Waals surface area contributed by atoms with Crippen molar-refractivity contribution in [2.75, 3.05) is 5.32 Å². The summed E-state index contributed by atoms with van der Waals surface area (Å²) in [5.74, 6) is -1.43. The Bertz CT molecular complexity index is 1080. The molecule has 27 heavy (non-hydrogen) atoms. The van der Waals surface area contributed by atoms with Gasteiger partial charge in [-0.1, -0.05) is 26.0 Å². The molecule has 0 aliphatic carbocycles. The zero-order valence-electron chi connectivity index (χ0n) is 14.5. The van der Waals surface area contributed by atoms with Crippen LogP contribution in [0.1, 0.15) is 13.8 Å². The average Bonchev–Trinajstić information content (AvgIpc) is 3.08. The van der Waals surface area contributed by atoms with Crippen LogP contribution in [0.15, 0.2) is 47.4 Å². The third kappa shape index (κ3) is 4.29.